The van der Waals surface area contributed by atoms with Crippen LogP contribution >= 0.6 is 0 Å². The number of fused-ring (bicyclic) bond motifs is 1. The number of para-hydroxylation sites is 1. The molecule has 1 heterocycles. The first-order valence-corrected chi connectivity index (χ1v) is 9.41. The number of aliphatic carboxylic acids is 1. The predicted octanol–water partition coefficient (Wildman–Crippen LogP) is 3.12. The number of amides is 1. The molecule has 0 aliphatic carbocycles. The van der Waals surface area contributed by atoms with Gasteiger partial charge in [0.1, 0.15) is 11.4 Å². The minimum Gasteiger partial charge on any atom is -0.483 e. The summed E-state index contributed by atoms with van der Waals surface area (Å²) in [6, 6.07) is 12.4. The van der Waals surface area contributed by atoms with Crippen molar-refractivity contribution < 1.29 is 28.9 Å². The van der Waals surface area contributed by atoms with Gasteiger partial charge in [-0.2, -0.15) is 0 Å². The quantitative estimate of drug-likeness (QED) is 0.708. The SMILES string of the molecule is CC(NC(=O)COc1cccc2c1OC(C)(C)C2)c1ccc(OCC(=O)O)cc1. The number of hydrogen-bond acceptors (Lipinski definition) is 5. The Labute approximate surface area is 169 Å². The maximum atomic E-state index is 12.3. The van der Waals surface area contributed by atoms with Crippen molar-refractivity contribution in [3.63, 3.8) is 0 Å². The fourth-order valence-electron chi connectivity index (χ4n) is 3.21. The summed E-state index contributed by atoms with van der Waals surface area (Å²) in [7, 11) is 0. The first kappa shape index (κ1) is 20.5. The van der Waals surface area contributed by atoms with E-state index in [0.717, 1.165) is 17.5 Å². The van der Waals surface area contributed by atoms with E-state index in [-0.39, 0.29) is 24.2 Å². The molecule has 1 unspecified atom stereocenters. The Morgan fingerprint density at radius 3 is 2.55 bits per heavy atom. The van der Waals surface area contributed by atoms with E-state index in [1.54, 1.807) is 30.3 Å². The minimum atomic E-state index is -1.03. The number of carbonyl (C=O) groups excluding carboxylic acids is 1. The Hall–Kier alpha value is -3.22. The molecule has 2 N–H and O–H groups in total. The zero-order valence-corrected chi connectivity index (χ0v) is 16.7. The summed E-state index contributed by atoms with van der Waals surface area (Å²) in [5.74, 6) is 0.441. The monoisotopic (exact) mass is 399 g/mol. The van der Waals surface area contributed by atoms with Crippen molar-refractivity contribution in [1.82, 2.24) is 5.32 Å². The standard InChI is InChI=1S/C22H25NO6/c1-14(15-7-9-17(10-8-15)27-13-20(25)26)23-19(24)12-28-18-6-4-5-16-11-22(2,3)29-21(16)18/h4-10,14H,11-13H2,1-3H3,(H,23,24)(H,25,26). The normalized spacial score (nSPS) is 15.0. The molecule has 1 aliphatic rings. The van der Waals surface area contributed by atoms with E-state index >= 15 is 0 Å². The lowest BCUT2D eigenvalue weighted by Crippen LogP contribution is -2.31. The molecule has 0 saturated heterocycles. The van der Waals surface area contributed by atoms with Crippen LogP contribution in [0.3, 0.4) is 0 Å². The van der Waals surface area contributed by atoms with Gasteiger partial charge < -0.3 is 24.6 Å². The van der Waals surface area contributed by atoms with Gasteiger partial charge in [-0.25, -0.2) is 4.79 Å². The Kier molecular flexibility index (Phi) is 5.96. The van der Waals surface area contributed by atoms with Gasteiger partial charge in [0.25, 0.3) is 5.91 Å². The van der Waals surface area contributed by atoms with Gasteiger partial charge in [-0.15, -0.1) is 0 Å². The summed E-state index contributed by atoms with van der Waals surface area (Å²) >= 11 is 0. The first-order valence-electron chi connectivity index (χ1n) is 9.41. The molecule has 0 fully saturated rings. The van der Waals surface area contributed by atoms with Crippen molar-refractivity contribution >= 4 is 11.9 Å². The highest BCUT2D eigenvalue weighted by molar-refractivity contribution is 5.78. The Morgan fingerprint density at radius 1 is 1.14 bits per heavy atom. The molecule has 154 valence electrons. The van der Waals surface area contributed by atoms with Crippen LogP contribution in [0.2, 0.25) is 0 Å². The van der Waals surface area contributed by atoms with E-state index in [4.69, 9.17) is 19.3 Å². The van der Waals surface area contributed by atoms with Crippen LogP contribution in [0.5, 0.6) is 17.2 Å². The molecule has 7 nitrogen and oxygen atoms in total. The highest BCUT2D eigenvalue weighted by Crippen LogP contribution is 2.41. The Morgan fingerprint density at radius 2 is 1.86 bits per heavy atom. The van der Waals surface area contributed by atoms with Gasteiger partial charge in [0.2, 0.25) is 0 Å². The number of ether oxygens (including phenoxy) is 3. The first-order chi connectivity index (χ1) is 13.7. The second-order valence-electron chi connectivity index (χ2n) is 7.61. The van der Waals surface area contributed by atoms with Crippen molar-refractivity contribution in [2.45, 2.75) is 38.8 Å². The summed E-state index contributed by atoms with van der Waals surface area (Å²) in [4.78, 5) is 22.8. The fourth-order valence-corrected chi connectivity index (χ4v) is 3.21. The van der Waals surface area contributed by atoms with Gasteiger partial charge in [-0.05, 0) is 44.5 Å². The van der Waals surface area contributed by atoms with Crippen LogP contribution in [0.1, 0.15) is 37.9 Å². The number of carboxylic acids is 1. The summed E-state index contributed by atoms with van der Waals surface area (Å²) < 4.78 is 16.8. The van der Waals surface area contributed by atoms with E-state index in [9.17, 15) is 9.59 Å². The van der Waals surface area contributed by atoms with Gasteiger partial charge in [0, 0.05) is 12.0 Å². The lowest BCUT2D eigenvalue weighted by atomic mass is 10.0. The van der Waals surface area contributed by atoms with Crippen LogP contribution in [0, 0.1) is 0 Å². The van der Waals surface area contributed by atoms with Gasteiger partial charge in [0.15, 0.2) is 24.7 Å². The van der Waals surface area contributed by atoms with Crippen molar-refractivity contribution in [3.05, 3.63) is 53.6 Å². The molecular weight excluding hydrogens is 374 g/mol. The molecule has 0 aromatic heterocycles. The highest BCUT2D eigenvalue weighted by atomic mass is 16.5. The van der Waals surface area contributed by atoms with Gasteiger partial charge in [-0.3, -0.25) is 4.79 Å². The predicted molar refractivity (Wildman–Crippen MR) is 106 cm³/mol. The fraction of sp³-hybridized carbons (Fsp3) is 0.364. The molecule has 7 heteroatoms. The third-order valence-corrected chi connectivity index (χ3v) is 4.53. The summed E-state index contributed by atoms with van der Waals surface area (Å²) in [5.41, 5.74) is 1.66. The molecule has 1 aliphatic heterocycles. The number of nitrogens with one attached hydrogen (secondary N) is 1. The maximum Gasteiger partial charge on any atom is 0.341 e. The number of carbonyl (C=O) groups is 2. The van der Waals surface area contributed by atoms with Crippen LogP contribution < -0.4 is 19.5 Å². The molecule has 1 amide bonds. The molecule has 0 bridgehead atoms. The number of hydrogen-bond donors (Lipinski definition) is 2. The number of rotatable bonds is 8. The molecule has 0 radical (unpaired) electrons. The van der Waals surface area contributed by atoms with E-state index in [2.05, 4.69) is 5.32 Å². The summed E-state index contributed by atoms with van der Waals surface area (Å²) in [6.07, 6.45) is 0.801. The molecule has 3 rings (SSSR count). The maximum absolute atomic E-state index is 12.3. The topological polar surface area (TPSA) is 94.1 Å². The van der Waals surface area contributed by atoms with E-state index in [1.165, 1.54) is 0 Å². The van der Waals surface area contributed by atoms with Gasteiger partial charge in [0.05, 0.1) is 6.04 Å². The van der Waals surface area contributed by atoms with Crippen LogP contribution in [0.25, 0.3) is 0 Å². The molecule has 2 aromatic carbocycles. The second-order valence-corrected chi connectivity index (χ2v) is 7.61. The lowest BCUT2D eigenvalue weighted by molar-refractivity contribution is -0.139. The summed E-state index contributed by atoms with van der Waals surface area (Å²) in [6.45, 7) is 5.38. The van der Waals surface area contributed by atoms with Crippen molar-refractivity contribution in [2.24, 2.45) is 0 Å². The van der Waals surface area contributed by atoms with E-state index in [1.807, 2.05) is 32.9 Å². The van der Waals surface area contributed by atoms with E-state index in [0.29, 0.717) is 17.2 Å². The largest absolute Gasteiger partial charge is 0.483 e. The average molecular weight is 399 g/mol. The van der Waals surface area contributed by atoms with Crippen LogP contribution in [-0.4, -0.2) is 35.8 Å². The van der Waals surface area contributed by atoms with Crippen LogP contribution in [0.15, 0.2) is 42.5 Å². The second kappa shape index (κ2) is 8.43. The van der Waals surface area contributed by atoms with Crippen molar-refractivity contribution in [3.8, 4) is 17.2 Å². The van der Waals surface area contributed by atoms with Crippen LogP contribution in [0.4, 0.5) is 0 Å². The molecular formula is C22H25NO6. The minimum absolute atomic E-state index is 0.121. The van der Waals surface area contributed by atoms with Gasteiger partial charge >= 0.3 is 5.97 Å². The third kappa shape index (κ3) is 5.40. The molecule has 2 aromatic rings. The number of carboxylic acid groups (broad SMARTS) is 1. The lowest BCUT2D eigenvalue weighted by Gasteiger charge is -2.18. The molecule has 0 saturated carbocycles. The molecule has 1 atom stereocenters. The smallest absolute Gasteiger partial charge is 0.341 e. The van der Waals surface area contributed by atoms with Crippen LogP contribution in [-0.2, 0) is 16.0 Å². The third-order valence-electron chi connectivity index (χ3n) is 4.53. The Bertz CT molecular complexity index is 891. The zero-order chi connectivity index (χ0) is 21.0. The van der Waals surface area contributed by atoms with Crippen molar-refractivity contribution in [1.29, 1.82) is 0 Å². The highest BCUT2D eigenvalue weighted by Gasteiger charge is 2.32. The van der Waals surface area contributed by atoms with Crippen molar-refractivity contribution in [2.75, 3.05) is 13.2 Å². The van der Waals surface area contributed by atoms with E-state index < -0.39 is 12.6 Å². The van der Waals surface area contributed by atoms with Gasteiger partial charge in [-0.1, -0.05) is 24.3 Å². The Balaban J connectivity index is 1.53. The average Bonchev–Trinajstić information content (AvgIpc) is 2.99. The summed E-state index contributed by atoms with van der Waals surface area (Å²) in [5, 5.41) is 11.5. The molecule has 0 spiro atoms. The molecule has 29 heavy (non-hydrogen) atoms. The zero-order valence-electron chi connectivity index (χ0n) is 16.7. The number of benzene rings is 2.